The molecule has 0 unspecified atom stereocenters. The van der Waals surface area contributed by atoms with Crippen molar-refractivity contribution >= 4 is 16.9 Å². The zero-order chi connectivity index (χ0) is 16.8. The molecule has 0 aliphatic carbocycles. The third-order valence-corrected chi connectivity index (χ3v) is 3.24. The maximum atomic E-state index is 12.7. The van der Waals surface area contributed by atoms with Gasteiger partial charge in [-0.3, -0.25) is 4.79 Å². The van der Waals surface area contributed by atoms with Crippen LogP contribution in [0.3, 0.4) is 0 Å². The first-order chi connectivity index (χ1) is 11.1. The summed E-state index contributed by atoms with van der Waals surface area (Å²) in [4.78, 5) is 26.1. The van der Waals surface area contributed by atoms with Crippen molar-refractivity contribution in [1.82, 2.24) is 4.90 Å². The van der Waals surface area contributed by atoms with Gasteiger partial charge in [0.05, 0.1) is 12.2 Å². The molecule has 2 rings (SSSR count). The summed E-state index contributed by atoms with van der Waals surface area (Å²) in [5.74, 6) is 0.314. The number of amides is 1. The summed E-state index contributed by atoms with van der Waals surface area (Å²) in [5.41, 5.74) is 0.0404. The van der Waals surface area contributed by atoms with Crippen LogP contribution < -0.4 is 10.4 Å². The number of rotatable bonds is 7. The van der Waals surface area contributed by atoms with E-state index >= 15 is 0 Å². The van der Waals surface area contributed by atoms with Crippen molar-refractivity contribution in [2.24, 2.45) is 0 Å². The Morgan fingerprint density at radius 1 is 1.26 bits per heavy atom. The first-order valence-corrected chi connectivity index (χ1v) is 7.32. The number of ether oxygens (including phenoxy) is 1. The van der Waals surface area contributed by atoms with E-state index in [1.54, 1.807) is 35.3 Å². The maximum Gasteiger partial charge on any atom is 0.337 e. The van der Waals surface area contributed by atoms with Crippen LogP contribution in [0, 0.1) is 0 Å². The van der Waals surface area contributed by atoms with Gasteiger partial charge in [0.15, 0.2) is 0 Å². The van der Waals surface area contributed by atoms with Gasteiger partial charge in [-0.05, 0) is 19.1 Å². The van der Waals surface area contributed by atoms with E-state index in [1.807, 2.05) is 6.92 Å². The quantitative estimate of drug-likeness (QED) is 0.582. The van der Waals surface area contributed by atoms with Crippen molar-refractivity contribution in [2.75, 3.05) is 19.7 Å². The zero-order valence-corrected chi connectivity index (χ0v) is 13.1. The zero-order valence-electron chi connectivity index (χ0n) is 13.1. The van der Waals surface area contributed by atoms with Crippen LogP contribution in [0.1, 0.15) is 17.3 Å². The summed E-state index contributed by atoms with van der Waals surface area (Å²) in [5, 5.41) is 0.566. The number of carbonyl (C=O) groups excluding carboxylic acids is 1. The second kappa shape index (κ2) is 7.45. The lowest BCUT2D eigenvalue weighted by Gasteiger charge is -2.19. The van der Waals surface area contributed by atoms with Gasteiger partial charge in [-0.25, -0.2) is 4.79 Å². The standard InChI is InChI=1S/C18H19NO4/c1-4-9-19(10-5-2)18(21)15-12-17(20)23-16-11-13(22-6-3)7-8-14(15)16/h4-5,7-8,11-12H,1-2,6,9-10H2,3H3. The van der Waals surface area contributed by atoms with E-state index < -0.39 is 5.63 Å². The van der Waals surface area contributed by atoms with Crippen LogP contribution in [0.15, 0.2) is 58.8 Å². The maximum absolute atomic E-state index is 12.7. The molecule has 23 heavy (non-hydrogen) atoms. The number of nitrogens with zero attached hydrogens (tertiary/aromatic N) is 1. The monoisotopic (exact) mass is 313 g/mol. The number of carbonyl (C=O) groups is 1. The molecule has 0 atom stereocenters. The molecule has 5 nitrogen and oxygen atoms in total. The van der Waals surface area contributed by atoms with Crippen LogP contribution in [0.2, 0.25) is 0 Å². The highest BCUT2D eigenvalue weighted by atomic mass is 16.5. The minimum Gasteiger partial charge on any atom is -0.494 e. The Bertz CT molecular complexity index is 781. The minimum absolute atomic E-state index is 0.271. The molecular formula is C18H19NO4. The number of hydrogen-bond acceptors (Lipinski definition) is 4. The second-order valence-corrected chi connectivity index (χ2v) is 4.86. The predicted octanol–water partition coefficient (Wildman–Crippen LogP) is 3.01. The molecule has 0 fully saturated rings. The van der Waals surface area contributed by atoms with Gasteiger partial charge in [-0.1, -0.05) is 12.2 Å². The topological polar surface area (TPSA) is 59.8 Å². The molecule has 5 heteroatoms. The molecule has 1 aromatic heterocycles. The van der Waals surface area contributed by atoms with Crippen molar-refractivity contribution in [1.29, 1.82) is 0 Å². The van der Waals surface area contributed by atoms with Crippen molar-refractivity contribution in [2.45, 2.75) is 6.92 Å². The van der Waals surface area contributed by atoms with Gasteiger partial charge in [0.1, 0.15) is 11.3 Å². The fraction of sp³-hybridized carbons (Fsp3) is 0.222. The minimum atomic E-state index is -0.577. The number of hydrogen-bond donors (Lipinski definition) is 0. The number of fused-ring (bicyclic) bond motifs is 1. The van der Waals surface area contributed by atoms with Crippen LogP contribution in [0.25, 0.3) is 11.0 Å². The molecule has 1 heterocycles. The van der Waals surface area contributed by atoms with Crippen molar-refractivity contribution in [3.63, 3.8) is 0 Å². The highest BCUT2D eigenvalue weighted by Crippen LogP contribution is 2.23. The highest BCUT2D eigenvalue weighted by Gasteiger charge is 2.18. The van der Waals surface area contributed by atoms with E-state index in [0.29, 0.717) is 42.0 Å². The number of benzene rings is 1. The first-order valence-electron chi connectivity index (χ1n) is 7.32. The summed E-state index contributed by atoms with van der Waals surface area (Å²) in [6, 6.07) is 6.29. The summed E-state index contributed by atoms with van der Waals surface area (Å²) >= 11 is 0. The Labute approximate surface area is 134 Å². The first kappa shape index (κ1) is 16.5. The average Bonchev–Trinajstić information content (AvgIpc) is 2.53. The molecule has 0 N–H and O–H groups in total. The third kappa shape index (κ3) is 3.69. The molecule has 1 amide bonds. The second-order valence-electron chi connectivity index (χ2n) is 4.86. The van der Waals surface area contributed by atoms with Gasteiger partial charge in [-0.2, -0.15) is 0 Å². The molecule has 120 valence electrons. The summed E-state index contributed by atoms with van der Waals surface area (Å²) in [6.07, 6.45) is 3.25. The Morgan fingerprint density at radius 3 is 2.57 bits per heavy atom. The lowest BCUT2D eigenvalue weighted by atomic mass is 10.1. The van der Waals surface area contributed by atoms with Gasteiger partial charge < -0.3 is 14.1 Å². The van der Waals surface area contributed by atoms with Crippen LogP contribution >= 0.6 is 0 Å². The molecule has 0 saturated carbocycles. The van der Waals surface area contributed by atoms with Gasteiger partial charge in [0.2, 0.25) is 0 Å². The largest absolute Gasteiger partial charge is 0.494 e. The molecule has 0 bridgehead atoms. The smallest absolute Gasteiger partial charge is 0.337 e. The van der Waals surface area contributed by atoms with E-state index in [-0.39, 0.29) is 5.91 Å². The van der Waals surface area contributed by atoms with Gasteiger partial charge in [0, 0.05) is 30.6 Å². The van der Waals surface area contributed by atoms with Crippen LogP contribution in [-0.4, -0.2) is 30.5 Å². The lowest BCUT2D eigenvalue weighted by Crippen LogP contribution is -2.32. The van der Waals surface area contributed by atoms with Crippen molar-refractivity contribution in [3.8, 4) is 5.75 Å². The van der Waals surface area contributed by atoms with E-state index in [0.717, 1.165) is 0 Å². The highest BCUT2D eigenvalue weighted by molar-refractivity contribution is 6.05. The summed E-state index contributed by atoms with van der Waals surface area (Å²) in [7, 11) is 0. The molecule has 0 radical (unpaired) electrons. The van der Waals surface area contributed by atoms with Crippen molar-refractivity contribution in [3.05, 3.63) is 65.6 Å². The summed E-state index contributed by atoms with van der Waals surface area (Å²) < 4.78 is 10.6. The normalized spacial score (nSPS) is 10.3. The fourth-order valence-corrected chi connectivity index (χ4v) is 2.30. The molecule has 0 saturated heterocycles. The van der Waals surface area contributed by atoms with E-state index in [4.69, 9.17) is 9.15 Å². The SMILES string of the molecule is C=CCN(CC=C)C(=O)c1cc(=O)oc2cc(OCC)ccc12. The Morgan fingerprint density at radius 2 is 1.96 bits per heavy atom. The average molecular weight is 313 g/mol. The van der Waals surface area contributed by atoms with Crippen LogP contribution in [0.5, 0.6) is 5.75 Å². The summed E-state index contributed by atoms with van der Waals surface area (Å²) in [6.45, 7) is 10.4. The molecule has 2 aromatic rings. The predicted molar refractivity (Wildman–Crippen MR) is 90.0 cm³/mol. The van der Waals surface area contributed by atoms with Crippen molar-refractivity contribution < 1.29 is 13.9 Å². The molecular weight excluding hydrogens is 294 g/mol. The third-order valence-electron chi connectivity index (χ3n) is 3.24. The van der Waals surface area contributed by atoms with Gasteiger partial charge in [-0.15, -0.1) is 13.2 Å². The Hall–Kier alpha value is -2.82. The van der Waals surface area contributed by atoms with E-state index in [2.05, 4.69) is 13.2 Å². The molecule has 0 spiro atoms. The molecule has 0 aliphatic rings. The van der Waals surface area contributed by atoms with Crippen LogP contribution in [0.4, 0.5) is 0 Å². The Balaban J connectivity index is 2.54. The van der Waals surface area contributed by atoms with Gasteiger partial charge >= 0.3 is 5.63 Å². The van der Waals surface area contributed by atoms with E-state index in [9.17, 15) is 9.59 Å². The molecule has 0 aliphatic heterocycles. The molecule has 1 aromatic carbocycles. The Kier molecular flexibility index (Phi) is 5.36. The van der Waals surface area contributed by atoms with Gasteiger partial charge in [0.25, 0.3) is 5.91 Å². The van der Waals surface area contributed by atoms with Crippen LogP contribution in [-0.2, 0) is 0 Å². The fourth-order valence-electron chi connectivity index (χ4n) is 2.30. The van der Waals surface area contributed by atoms with E-state index in [1.165, 1.54) is 6.07 Å². The lowest BCUT2D eigenvalue weighted by molar-refractivity contribution is 0.0792.